The molecule has 7 heteroatoms. The molecule has 2 amide bonds. The zero-order chi connectivity index (χ0) is 18.7. The van der Waals surface area contributed by atoms with Gasteiger partial charge in [0, 0.05) is 0 Å². The molecule has 3 rings (SSSR count). The van der Waals surface area contributed by atoms with Crippen LogP contribution in [0.4, 0.5) is 5.69 Å². The normalized spacial score (nSPS) is 17.2. The highest BCUT2D eigenvalue weighted by Crippen LogP contribution is 2.33. The zero-order valence-electron chi connectivity index (χ0n) is 14.3. The molecule has 132 valence electrons. The third kappa shape index (κ3) is 3.62. The molecule has 0 bridgehead atoms. The number of nitrogens with two attached hydrogens (primary N) is 1. The van der Waals surface area contributed by atoms with Crippen LogP contribution in [-0.2, 0) is 4.79 Å². The molecule has 1 aliphatic heterocycles. The van der Waals surface area contributed by atoms with E-state index in [4.69, 9.17) is 10.5 Å². The number of ether oxygens (including phenoxy) is 1. The number of methoxy groups -OCH3 is 1. The van der Waals surface area contributed by atoms with Gasteiger partial charge in [-0.05, 0) is 54.1 Å². The smallest absolute Gasteiger partial charge is 0.264 e. The van der Waals surface area contributed by atoms with Crippen molar-refractivity contribution in [2.24, 2.45) is 10.7 Å². The van der Waals surface area contributed by atoms with Gasteiger partial charge in [-0.2, -0.15) is 0 Å². The number of para-hydroxylation sites is 1. The Morgan fingerprint density at radius 3 is 2.50 bits per heavy atom. The quantitative estimate of drug-likeness (QED) is 0.812. The number of primary amides is 1. The number of amidine groups is 1. The molecule has 2 aromatic rings. The summed E-state index contributed by atoms with van der Waals surface area (Å²) >= 11 is 1.23. The first kappa shape index (κ1) is 17.8. The number of hydrogen-bond acceptors (Lipinski definition) is 5. The second kappa shape index (κ2) is 7.45. The van der Waals surface area contributed by atoms with Gasteiger partial charge < -0.3 is 15.8 Å². The van der Waals surface area contributed by atoms with E-state index in [1.807, 2.05) is 31.2 Å². The molecule has 0 aliphatic carbocycles. The Morgan fingerprint density at radius 1 is 1.15 bits per heavy atom. The van der Waals surface area contributed by atoms with Crippen molar-refractivity contribution in [2.45, 2.75) is 6.92 Å². The molecule has 1 fully saturated rings. The van der Waals surface area contributed by atoms with E-state index in [1.165, 1.54) is 11.8 Å². The molecule has 0 saturated carbocycles. The Bertz CT molecular complexity index is 933. The van der Waals surface area contributed by atoms with E-state index in [2.05, 4.69) is 10.3 Å². The third-order valence-electron chi connectivity index (χ3n) is 3.88. The molecule has 6 nitrogen and oxygen atoms in total. The minimum absolute atomic E-state index is 0.223. The van der Waals surface area contributed by atoms with E-state index < -0.39 is 5.91 Å². The molecule has 0 aromatic heterocycles. The molecule has 0 unspecified atom stereocenters. The number of aliphatic imine (C=N–C) groups is 1. The predicted octanol–water partition coefficient (Wildman–Crippen LogP) is 3.08. The van der Waals surface area contributed by atoms with Crippen molar-refractivity contribution in [1.82, 2.24) is 5.32 Å². The minimum atomic E-state index is -0.565. The van der Waals surface area contributed by atoms with Crippen LogP contribution in [0.15, 0.2) is 58.4 Å². The average Bonchev–Trinajstić information content (AvgIpc) is 3.01. The van der Waals surface area contributed by atoms with E-state index in [9.17, 15) is 9.59 Å². The Hall–Kier alpha value is -3.06. The van der Waals surface area contributed by atoms with Gasteiger partial charge in [-0.25, -0.2) is 4.99 Å². The fraction of sp³-hybridized carbons (Fsp3) is 0.105. The summed E-state index contributed by atoms with van der Waals surface area (Å²) in [5.41, 5.74) is 7.85. The topological polar surface area (TPSA) is 93.8 Å². The van der Waals surface area contributed by atoms with E-state index in [1.54, 1.807) is 31.4 Å². The summed E-state index contributed by atoms with van der Waals surface area (Å²) in [6, 6.07) is 14.2. The number of allylic oxidation sites excluding steroid dienone is 1. The van der Waals surface area contributed by atoms with Gasteiger partial charge in [0.1, 0.15) is 5.75 Å². The Kier molecular flexibility index (Phi) is 5.09. The lowest BCUT2D eigenvalue weighted by Gasteiger charge is -2.05. The van der Waals surface area contributed by atoms with E-state index in [0.717, 1.165) is 16.9 Å². The minimum Gasteiger partial charge on any atom is -0.497 e. The second-order valence-corrected chi connectivity index (χ2v) is 6.54. The van der Waals surface area contributed by atoms with E-state index in [-0.39, 0.29) is 5.91 Å². The molecule has 0 atom stereocenters. The van der Waals surface area contributed by atoms with Crippen LogP contribution in [0.5, 0.6) is 5.75 Å². The highest BCUT2D eigenvalue weighted by Gasteiger charge is 2.26. The number of carbonyl (C=O) groups excluding carboxylic acids is 2. The van der Waals surface area contributed by atoms with E-state index in [0.29, 0.717) is 21.3 Å². The molecule has 0 spiro atoms. The van der Waals surface area contributed by atoms with Crippen molar-refractivity contribution in [1.29, 1.82) is 0 Å². The molecule has 26 heavy (non-hydrogen) atoms. The van der Waals surface area contributed by atoms with Gasteiger partial charge >= 0.3 is 0 Å². The van der Waals surface area contributed by atoms with Crippen LogP contribution in [0.25, 0.3) is 5.57 Å². The van der Waals surface area contributed by atoms with Crippen LogP contribution in [0, 0.1) is 0 Å². The lowest BCUT2D eigenvalue weighted by molar-refractivity contribution is -0.115. The van der Waals surface area contributed by atoms with Gasteiger partial charge in [0.2, 0.25) is 0 Å². The van der Waals surface area contributed by atoms with Crippen molar-refractivity contribution in [2.75, 3.05) is 7.11 Å². The van der Waals surface area contributed by atoms with Crippen LogP contribution >= 0.6 is 11.8 Å². The maximum absolute atomic E-state index is 12.3. The lowest BCUT2D eigenvalue weighted by atomic mass is 10.1. The van der Waals surface area contributed by atoms with Gasteiger partial charge in [0.25, 0.3) is 11.8 Å². The number of nitrogens with zero attached hydrogens (tertiary/aromatic N) is 1. The lowest BCUT2D eigenvalue weighted by Crippen LogP contribution is -2.20. The maximum atomic E-state index is 12.3. The van der Waals surface area contributed by atoms with Crippen molar-refractivity contribution < 1.29 is 14.3 Å². The summed E-state index contributed by atoms with van der Waals surface area (Å²) in [6.45, 7) is 1.88. The molecular formula is C19H17N3O3S. The number of hydrogen-bond donors (Lipinski definition) is 2. The Morgan fingerprint density at radius 2 is 1.85 bits per heavy atom. The number of carbonyl (C=O) groups is 2. The monoisotopic (exact) mass is 367 g/mol. The van der Waals surface area contributed by atoms with Crippen molar-refractivity contribution in [3.63, 3.8) is 0 Å². The SMILES string of the molecule is COc1ccc(/C(C)=C2\SC(=Nc3ccccc3C(N)=O)NC2=O)cc1. The summed E-state index contributed by atoms with van der Waals surface area (Å²) in [6.07, 6.45) is 0. The molecule has 0 radical (unpaired) electrons. The van der Waals surface area contributed by atoms with Crippen LogP contribution in [0.3, 0.4) is 0 Å². The fourth-order valence-electron chi connectivity index (χ4n) is 2.48. The summed E-state index contributed by atoms with van der Waals surface area (Å²) in [5, 5.41) is 3.14. The van der Waals surface area contributed by atoms with E-state index >= 15 is 0 Å². The van der Waals surface area contributed by atoms with Crippen LogP contribution < -0.4 is 15.8 Å². The summed E-state index contributed by atoms with van der Waals surface area (Å²) in [4.78, 5) is 28.8. The molecule has 1 heterocycles. The predicted molar refractivity (Wildman–Crippen MR) is 103 cm³/mol. The largest absolute Gasteiger partial charge is 0.497 e. The van der Waals surface area contributed by atoms with Crippen molar-refractivity contribution in [3.8, 4) is 5.75 Å². The highest BCUT2D eigenvalue weighted by molar-refractivity contribution is 8.18. The Labute approximate surface area is 155 Å². The van der Waals surface area contributed by atoms with Crippen LogP contribution in [0.1, 0.15) is 22.8 Å². The average molecular weight is 367 g/mol. The number of rotatable bonds is 4. The number of amides is 2. The van der Waals surface area contributed by atoms with Gasteiger partial charge in [-0.15, -0.1) is 0 Å². The van der Waals surface area contributed by atoms with Crippen molar-refractivity contribution >= 4 is 40.0 Å². The number of benzene rings is 2. The van der Waals surface area contributed by atoms with Crippen LogP contribution in [-0.4, -0.2) is 24.1 Å². The molecule has 3 N–H and O–H groups in total. The summed E-state index contributed by atoms with van der Waals surface area (Å²) in [7, 11) is 1.60. The molecular weight excluding hydrogens is 350 g/mol. The summed E-state index contributed by atoms with van der Waals surface area (Å²) < 4.78 is 5.15. The number of thioether (sulfide) groups is 1. The summed E-state index contributed by atoms with van der Waals surface area (Å²) in [5.74, 6) is -0.0385. The first-order chi connectivity index (χ1) is 12.5. The van der Waals surface area contributed by atoms with Gasteiger partial charge in [0.05, 0.1) is 23.3 Å². The Balaban J connectivity index is 1.92. The zero-order valence-corrected chi connectivity index (χ0v) is 15.1. The van der Waals surface area contributed by atoms with Gasteiger partial charge in [0.15, 0.2) is 5.17 Å². The second-order valence-electron chi connectivity index (χ2n) is 5.54. The standard InChI is InChI=1S/C19H17N3O3S/c1-11(12-7-9-13(25-2)10-8-12)16-18(24)22-19(26-16)21-15-6-4-3-5-14(15)17(20)23/h3-10H,1-2H3,(H2,20,23)(H,21,22,24)/b16-11-. The van der Waals surface area contributed by atoms with Gasteiger partial charge in [-0.3, -0.25) is 9.59 Å². The first-order valence-corrected chi connectivity index (χ1v) is 8.63. The fourth-order valence-corrected chi connectivity index (χ4v) is 3.38. The maximum Gasteiger partial charge on any atom is 0.264 e. The molecule has 1 saturated heterocycles. The first-order valence-electron chi connectivity index (χ1n) is 7.81. The van der Waals surface area contributed by atoms with Crippen molar-refractivity contribution in [3.05, 3.63) is 64.6 Å². The van der Waals surface area contributed by atoms with Gasteiger partial charge in [-0.1, -0.05) is 24.3 Å². The molecule has 2 aromatic carbocycles. The number of nitrogens with one attached hydrogen (secondary N) is 1. The van der Waals surface area contributed by atoms with Crippen LogP contribution in [0.2, 0.25) is 0 Å². The molecule has 1 aliphatic rings. The third-order valence-corrected chi connectivity index (χ3v) is 4.96. The highest BCUT2D eigenvalue weighted by atomic mass is 32.2.